The van der Waals surface area contributed by atoms with Crippen LogP contribution in [0.2, 0.25) is 0 Å². The lowest BCUT2D eigenvalue weighted by Crippen LogP contribution is -1.90. The van der Waals surface area contributed by atoms with Crippen LogP contribution < -0.4 is 4.74 Å². The van der Waals surface area contributed by atoms with Crippen LogP contribution in [0, 0.1) is 11.3 Å². The normalized spacial score (nSPS) is 9.88. The zero-order chi connectivity index (χ0) is 12.1. The first kappa shape index (κ1) is 11.6. The standard InChI is InChI=1S/C13H12N2OS/c1-16-12-4-2-3-10(7-12)8-13-15-11(5-6-14)9-17-13/h2-4,7,9H,5,8H2,1H3. The Labute approximate surface area is 104 Å². The van der Waals surface area contributed by atoms with Crippen LogP contribution in [0.5, 0.6) is 5.75 Å². The first-order valence-corrected chi connectivity index (χ1v) is 6.13. The van der Waals surface area contributed by atoms with Gasteiger partial charge in [0.1, 0.15) is 5.75 Å². The Hall–Kier alpha value is -1.86. The summed E-state index contributed by atoms with van der Waals surface area (Å²) in [4.78, 5) is 4.41. The van der Waals surface area contributed by atoms with Gasteiger partial charge in [-0.3, -0.25) is 0 Å². The third-order valence-corrected chi connectivity index (χ3v) is 3.25. The molecule has 1 heterocycles. The summed E-state index contributed by atoms with van der Waals surface area (Å²) in [6, 6.07) is 10.1. The zero-order valence-corrected chi connectivity index (χ0v) is 10.3. The number of aromatic nitrogens is 1. The molecule has 0 saturated carbocycles. The minimum Gasteiger partial charge on any atom is -0.497 e. The van der Waals surface area contributed by atoms with Crippen LogP contribution in [-0.2, 0) is 12.8 Å². The second-order valence-corrected chi connectivity index (χ2v) is 4.54. The smallest absolute Gasteiger partial charge is 0.119 e. The van der Waals surface area contributed by atoms with Gasteiger partial charge in [-0.15, -0.1) is 11.3 Å². The highest BCUT2D eigenvalue weighted by Crippen LogP contribution is 2.18. The lowest BCUT2D eigenvalue weighted by Gasteiger charge is -2.02. The first-order valence-electron chi connectivity index (χ1n) is 5.25. The second kappa shape index (κ2) is 5.46. The first-order chi connectivity index (χ1) is 8.31. The van der Waals surface area contributed by atoms with Gasteiger partial charge in [0.25, 0.3) is 0 Å². The molecule has 3 nitrogen and oxygen atoms in total. The molecule has 0 aliphatic heterocycles. The monoisotopic (exact) mass is 244 g/mol. The van der Waals surface area contributed by atoms with Crippen LogP contribution in [0.3, 0.4) is 0 Å². The van der Waals surface area contributed by atoms with Crippen LogP contribution in [-0.4, -0.2) is 12.1 Å². The number of thiazole rings is 1. The maximum absolute atomic E-state index is 8.59. The summed E-state index contributed by atoms with van der Waals surface area (Å²) in [7, 11) is 1.66. The lowest BCUT2D eigenvalue weighted by molar-refractivity contribution is 0.414. The Morgan fingerprint density at radius 2 is 2.35 bits per heavy atom. The van der Waals surface area contributed by atoms with E-state index < -0.39 is 0 Å². The van der Waals surface area contributed by atoms with Crippen molar-refractivity contribution in [2.45, 2.75) is 12.8 Å². The highest BCUT2D eigenvalue weighted by atomic mass is 32.1. The summed E-state index contributed by atoms with van der Waals surface area (Å²) in [6.45, 7) is 0. The predicted octanol–water partition coefficient (Wildman–Crippen LogP) is 2.81. The van der Waals surface area contributed by atoms with Crippen LogP contribution in [0.1, 0.15) is 16.3 Å². The molecule has 0 unspecified atom stereocenters. The van der Waals surface area contributed by atoms with Gasteiger partial charge in [0.05, 0.1) is 30.3 Å². The Balaban J connectivity index is 2.11. The molecule has 0 atom stereocenters. The van der Waals surface area contributed by atoms with Crippen LogP contribution >= 0.6 is 11.3 Å². The van der Waals surface area contributed by atoms with Gasteiger partial charge in [0.2, 0.25) is 0 Å². The predicted molar refractivity (Wildman–Crippen MR) is 67.2 cm³/mol. The van der Waals surface area contributed by atoms with E-state index in [1.807, 2.05) is 29.6 Å². The Bertz CT molecular complexity index is 542. The topological polar surface area (TPSA) is 45.9 Å². The number of hydrogen-bond donors (Lipinski definition) is 0. The molecule has 1 aromatic carbocycles. The van der Waals surface area contributed by atoms with Crippen molar-refractivity contribution in [1.29, 1.82) is 5.26 Å². The molecule has 17 heavy (non-hydrogen) atoms. The zero-order valence-electron chi connectivity index (χ0n) is 9.51. The molecule has 1 aromatic heterocycles. The van der Waals surface area contributed by atoms with Crippen molar-refractivity contribution in [1.82, 2.24) is 4.98 Å². The van der Waals surface area contributed by atoms with Gasteiger partial charge in [-0.05, 0) is 17.7 Å². The lowest BCUT2D eigenvalue weighted by atomic mass is 10.1. The van der Waals surface area contributed by atoms with E-state index in [4.69, 9.17) is 10.00 Å². The van der Waals surface area contributed by atoms with Gasteiger partial charge < -0.3 is 4.74 Å². The van der Waals surface area contributed by atoms with E-state index in [0.29, 0.717) is 6.42 Å². The minimum atomic E-state index is 0.384. The molecule has 4 heteroatoms. The molecule has 0 fully saturated rings. The van der Waals surface area contributed by atoms with E-state index in [0.717, 1.165) is 22.9 Å². The van der Waals surface area contributed by atoms with E-state index in [2.05, 4.69) is 11.1 Å². The summed E-state index contributed by atoms with van der Waals surface area (Å²) < 4.78 is 5.18. The van der Waals surface area contributed by atoms with Crippen molar-refractivity contribution in [3.63, 3.8) is 0 Å². The van der Waals surface area contributed by atoms with Gasteiger partial charge in [-0.25, -0.2) is 4.98 Å². The summed E-state index contributed by atoms with van der Waals surface area (Å²) in [5.41, 5.74) is 2.03. The average molecular weight is 244 g/mol. The number of nitrogens with zero attached hydrogens (tertiary/aromatic N) is 2. The SMILES string of the molecule is COc1cccc(Cc2nc(CC#N)cs2)c1. The summed E-state index contributed by atoms with van der Waals surface area (Å²) in [6.07, 6.45) is 1.17. The highest BCUT2D eigenvalue weighted by Gasteiger charge is 2.03. The third kappa shape index (κ3) is 3.05. The molecule has 0 amide bonds. The Morgan fingerprint density at radius 3 is 3.12 bits per heavy atom. The van der Waals surface area contributed by atoms with Gasteiger partial charge in [0, 0.05) is 11.8 Å². The molecule has 0 radical (unpaired) electrons. The fourth-order valence-corrected chi connectivity index (χ4v) is 2.38. The highest BCUT2D eigenvalue weighted by molar-refractivity contribution is 7.09. The quantitative estimate of drug-likeness (QED) is 0.830. The summed E-state index contributed by atoms with van der Waals surface area (Å²) >= 11 is 1.59. The molecule has 0 aliphatic rings. The van der Waals surface area contributed by atoms with Crippen molar-refractivity contribution in [2.75, 3.05) is 7.11 Å². The van der Waals surface area contributed by atoms with Crippen molar-refractivity contribution in [2.24, 2.45) is 0 Å². The Morgan fingerprint density at radius 1 is 1.47 bits per heavy atom. The molecule has 0 bridgehead atoms. The van der Waals surface area contributed by atoms with Crippen molar-refractivity contribution in [3.05, 3.63) is 45.9 Å². The van der Waals surface area contributed by atoms with Gasteiger partial charge >= 0.3 is 0 Å². The molecule has 0 saturated heterocycles. The van der Waals surface area contributed by atoms with Crippen molar-refractivity contribution >= 4 is 11.3 Å². The number of benzene rings is 1. The van der Waals surface area contributed by atoms with Crippen LogP contribution in [0.25, 0.3) is 0 Å². The van der Waals surface area contributed by atoms with E-state index in [1.165, 1.54) is 5.56 Å². The summed E-state index contributed by atoms with van der Waals surface area (Å²) in [5, 5.41) is 11.6. The second-order valence-electron chi connectivity index (χ2n) is 3.60. The van der Waals surface area contributed by atoms with Crippen LogP contribution in [0.4, 0.5) is 0 Å². The van der Waals surface area contributed by atoms with Crippen LogP contribution in [0.15, 0.2) is 29.6 Å². The largest absolute Gasteiger partial charge is 0.497 e. The van der Waals surface area contributed by atoms with E-state index in [9.17, 15) is 0 Å². The molecule has 86 valence electrons. The molecular formula is C13H12N2OS. The van der Waals surface area contributed by atoms with Gasteiger partial charge in [0.15, 0.2) is 0 Å². The molecule has 0 spiro atoms. The van der Waals surface area contributed by atoms with Crippen molar-refractivity contribution < 1.29 is 4.74 Å². The Kier molecular flexibility index (Phi) is 3.73. The molecular weight excluding hydrogens is 232 g/mol. The third-order valence-electron chi connectivity index (χ3n) is 2.35. The minimum absolute atomic E-state index is 0.384. The fourth-order valence-electron chi connectivity index (χ4n) is 1.55. The number of methoxy groups -OCH3 is 1. The fraction of sp³-hybridized carbons (Fsp3) is 0.231. The van der Waals surface area contributed by atoms with E-state index in [1.54, 1.807) is 18.4 Å². The van der Waals surface area contributed by atoms with Gasteiger partial charge in [-0.1, -0.05) is 12.1 Å². The van der Waals surface area contributed by atoms with Gasteiger partial charge in [-0.2, -0.15) is 5.26 Å². The number of hydrogen-bond acceptors (Lipinski definition) is 4. The maximum atomic E-state index is 8.59. The maximum Gasteiger partial charge on any atom is 0.119 e. The molecule has 0 aliphatic carbocycles. The summed E-state index contributed by atoms with van der Waals surface area (Å²) in [5.74, 6) is 0.858. The average Bonchev–Trinajstić information content (AvgIpc) is 2.77. The molecule has 2 aromatic rings. The van der Waals surface area contributed by atoms with E-state index in [-0.39, 0.29) is 0 Å². The number of nitriles is 1. The number of ether oxygens (including phenoxy) is 1. The molecule has 0 N–H and O–H groups in total. The number of rotatable bonds is 4. The van der Waals surface area contributed by atoms with Crippen molar-refractivity contribution in [3.8, 4) is 11.8 Å². The van der Waals surface area contributed by atoms with E-state index >= 15 is 0 Å². The molecule has 2 rings (SSSR count).